The molecule has 118 valence electrons. The van der Waals surface area contributed by atoms with Gasteiger partial charge in [-0.15, -0.1) is 0 Å². The fourth-order valence-corrected chi connectivity index (χ4v) is 2.41. The van der Waals surface area contributed by atoms with E-state index in [-0.39, 0.29) is 12.5 Å². The van der Waals surface area contributed by atoms with Gasteiger partial charge in [-0.25, -0.2) is 8.42 Å². The molecule has 1 aromatic carbocycles. The first-order valence-electron chi connectivity index (χ1n) is 6.71. The molecule has 0 fully saturated rings. The summed E-state index contributed by atoms with van der Waals surface area (Å²) in [6.45, 7) is 4.19. The van der Waals surface area contributed by atoms with Gasteiger partial charge in [0.25, 0.3) is 5.91 Å². The minimum absolute atomic E-state index is 0.195. The second-order valence-corrected chi connectivity index (χ2v) is 7.19. The topological polar surface area (TPSA) is 95.5 Å². The van der Waals surface area contributed by atoms with Crippen LogP contribution in [0, 0.1) is 5.92 Å². The van der Waals surface area contributed by atoms with Crippen molar-refractivity contribution >= 4 is 21.6 Å². The van der Waals surface area contributed by atoms with E-state index in [0.717, 1.165) is 6.26 Å². The van der Waals surface area contributed by atoms with Gasteiger partial charge in [-0.2, -0.15) is 0 Å². The summed E-state index contributed by atoms with van der Waals surface area (Å²) in [5, 5.41) is 12.3. The van der Waals surface area contributed by atoms with E-state index in [9.17, 15) is 18.3 Å². The number of sulfonamides is 1. The first-order valence-corrected chi connectivity index (χ1v) is 8.60. The minimum atomic E-state index is -3.33. The molecule has 0 aliphatic rings. The Morgan fingerprint density at radius 2 is 1.81 bits per heavy atom. The molecule has 7 heteroatoms. The monoisotopic (exact) mass is 314 g/mol. The molecule has 0 radical (unpaired) electrons. The van der Waals surface area contributed by atoms with Crippen molar-refractivity contribution in [2.75, 3.05) is 17.5 Å². The van der Waals surface area contributed by atoms with Crippen LogP contribution in [0.3, 0.4) is 0 Å². The predicted molar refractivity (Wildman–Crippen MR) is 82.7 cm³/mol. The quantitative estimate of drug-likeness (QED) is 0.704. The predicted octanol–water partition coefficient (Wildman–Crippen LogP) is 1.19. The number of benzene rings is 1. The molecule has 0 aliphatic carbocycles. The maximum atomic E-state index is 11.9. The lowest BCUT2D eigenvalue weighted by Crippen LogP contribution is -2.32. The summed E-state index contributed by atoms with van der Waals surface area (Å²) in [7, 11) is -3.33. The van der Waals surface area contributed by atoms with Crippen LogP contribution in [-0.2, 0) is 10.0 Å². The molecule has 0 aliphatic heterocycles. The SMILES string of the molecule is CC(C)CC(O)CNC(=O)c1ccc(NS(C)(=O)=O)cc1. The lowest BCUT2D eigenvalue weighted by atomic mass is 10.1. The lowest BCUT2D eigenvalue weighted by Gasteiger charge is -2.14. The molecule has 1 amide bonds. The highest BCUT2D eigenvalue weighted by atomic mass is 32.2. The molecule has 0 spiro atoms. The maximum Gasteiger partial charge on any atom is 0.251 e. The summed E-state index contributed by atoms with van der Waals surface area (Å²) < 4.78 is 24.5. The number of aliphatic hydroxyl groups is 1. The van der Waals surface area contributed by atoms with Gasteiger partial charge in [0, 0.05) is 17.8 Å². The van der Waals surface area contributed by atoms with E-state index >= 15 is 0 Å². The fraction of sp³-hybridized carbons (Fsp3) is 0.500. The Morgan fingerprint density at radius 3 is 2.29 bits per heavy atom. The molecule has 1 aromatic rings. The van der Waals surface area contributed by atoms with E-state index < -0.39 is 16.1 Å². The third-order valence-electron chi connectivity index (χ3n) is 2.69. The van der Waals surface area contributed by atoms with Crippen molar-refractivity contribution in [2.24, 2.45) is 5.92 Å². The van der Waals surface area contributed by atoms with Gasteiger partial charge >= 0.3 is 0 Å². The van der Waals surface area contributed by atoms with Crippen molar-refractivity contribution in [3.05, 3.63) is 29.8 Å². The average Bonchev–Trinajstić information content (AvgIpc) is 2.34. The van der Waals surface area contributed by atoms with Crippen LogP contribution in [-0.4, -0.2) is 38.3 Å². The molecule has 1 rings (SSSR count). The third kappa shape index (κ3) is 7.10. The van der Waals surface area contributed by atoms with Crippen LogP contribution in [0.1, 0.15) is 30.6 Å². The molecule has 1 atom stereocenters. The van der Waals surface area contributed by atoms with Gasteiger partial charge in [0.05, 0.1) is 12.4 Å². The van der Waals surface area contributed by atoms with Crippen molar-refractivity contribution in [3.8, 4) is 0 Å². The molecule has 3 N–H and O–H groups in total. The molecule has 21 heavy (non-hydrogen) atoms. The largest absolute Gasteiger partial charge is 0.391 e. The van der Waals surface area contributed by atoms with Crippen LogP contribution in [0.15, 0.2) is 24.3 Å². The Hall–Kier alpha value is -1.60. The molecule has 0 saturated heterocycles. The van der Waals surface area contributed by atoms with Crippen LogP contribution in [0.25, 0.3) is 0 Å². The summed E-state index contributed by atoms with van der Waals surface area (Å²) in [5.74, 6) is 0.0574. The van der Waals surface area contributed by atoms with Gasteiger partial charge in [-0.1, -0.05) is 13.8 Å². The molecule has 0 heterocycles. The molecular weight excluding hydrogens is 292 g/mol. The minimum Gasteiger partial charge on any atom is -0.391 e. The number of carbonyl (C=O) groups excluding carboxylic acids is 1. The smallest absolute Gasteiger partial charge is 0.251 e. The van der Waals surface area contributed by atoms with E-state index in [1.165, 1.54) is 24.3 Å². The Labute approximate surface area is 125 Å². The lowest BCUT2D eigenvalue weighted by molar-refractivity contribution is 0.0900. The summed E-state index contributed by atoms with van der Waals surface area (Å²) in [6, 6.07) is 6.08. The van der Waals surface area contributed by atoms with Crippen LogP contribution in [0.5, 0.6) is 0 Å². The van der Waals surface area contributed by atoms with Gasteiger partial charge in [0.15, 0.2) is 0 Å². The summed E-state index contributed by atoms with van der Waals surface area (Å²) in [6.07, 6.45) is 1.11. The zero-order valence-corrected chi connectivity index (χ0v) is 13.3. The standard InChI is InChI=1S/C14H22N2O4S/c1-10(2)8-13(17)9-15-14(18)11-4-6-12(7-5-11)16-21(3,19)20/h4-7,10,13,16-17H,8-9H2,1-3H3,(H,15,18). The third-order valence-corrected chi connectivity index (χ3v) is 3.30. The van der Waals surface area contributed by atoms with Gasteiger partial charge < -0.3 is 10.4 Å². The first kappa shape index (κ1) is 17.5. The number of carbonyl (C=O) groups is 1. The van der Waals surface area contributed by atoms with Crippen molar-refractivity contribution in [2.45, 2.75) is 26.4 Å². The van der Waals surface area contributed by atoms with Gasteiger partial charge in [0.1, 0.15) is 0 Å². The van der Waals surface area contributed by atoms with Gasteiger partial charge in [-0.3, -0.25) is 9.52 Å². The second kappa shape index (κ2) is 7.42. The summed E-state index contributed by atoms with van der Waals surface area (Å²) in [4.78, 5) is 11.9. The number of hydrogen-bond acceptors (Lipinski definition) is 4. The average molecular weight is 314 g/mol. The summed E-state index contributed by atoms with van der Waals surface area (Å²) >= 11 is 0. The second-order valence-electron chi connectivity index (χ2n) is 5.44. The number of amides is 1. The molecule has 0 bridgehead atoms. The first-order chi connectivity index (χ1) is 9.67. The molecule has 0 aromatic heterocycles. The van der Waals surface area contributed by atoms with Crippen LogP contribution in [0.4, 0.5) is 5.69 Å². The molecular formula is C14H22N2O4S. The van der Waals surface area contributed by atoms with Crippen LogP contribution < -0.4 is 10.0 Å². The number of aliphatic hydroxyl groups excluding tert-OH is 1. The number of hydrogen-bond donors (Lipinski definition) is 3. The van der Waals surface area contributed by atoms with Gasteiger partial charge in [0.2, 0.25) is 10.0 Å². The normalized spacial score (nSPS) is 13.0. The number of anilines is 1. The maximum absolute atomic E-state index is 11.9. The Kier molecular flexibility index (Phi) is 6.17. The zero-order chi connectivity index (χ0) is 16.0. The van der Waals surface area contributed by atoms with Crippen LogP contribution in [0.2, 0.25) is 0 Å². The zero-order valence-electron chi connectivity index (χ0n) is 12.5. The van der Waals surface area contributed by atoms with Crippen LogP contribution >= 0.6 is 0 Å². The number of rotatable bonds is 7. The van der Waals surface area contributed by atoms with Crippen molar-refractivity contribution < 1.29 is 18.3 Å². The van der Waals surface area contributed by atoms with E-state index in [1.807, 2.05) is 13.8 Å². The summed E-state index contributed by atoms with van der Waals surface area (Å²) in [5.41, 5.74) is 0.805. The van der Waals surface area contributed by atoms with E-state index in [2.05, 4.69) is 10.0 Å². The highest BCUT2D eigenvalue weighted by Gasteiger charge is 2.11. The van der Waals surface area contributed by atoms with Crippen molar-refractivity contribution in [3.63, 3.8) is 0 Å². The highest BCUT2D eigenvalue weighted by Crippen LogP contribution is 2.11. The van der Waals surface area contributed by atoms with E-state index in [1.54, 1.807) is 0 Å². The van der Waals surface area contributed by atoms with E-state index in [4.69, 9.17) is 0 Å². The molecule has 1 unspecified atom stereocenters. The Balaban J connectivity index is 2.55. The molecule has 0 saturated carbocycles. The van der Waals surface area contributed by atoms with Gasteiger partial charge in [-0.05, 0) is 36.6 Å². The molecule has 6 nitrogen and oxygen atoms in total. The Bertz CT molecular complexity index is 567. The van der Waals surface area contributed by atoms with E-state index in [0.29, 0.717) is 23.6 Å². The van der Waals surface area contributed by atoms with Crippen molar-refractivity contribution in [1.82, 2.24) is 5.32 Å². The van der Waals surface area contributed by atoms with Crippen molar-refractivity contribution in [1.29, 1.82) is 0 Å². The highest BCUT2D eigenvalue weighted by molar-refractivity contribution is 7.92. The fourth-order valence-electron chi connectivity index (χ4n) is 1.84. The Morgan fingerprint density at radius 1 is 1.24 bits per heavy atom. The number of nitrogens with one attached hydrogen (secondary N) is 2.